The molecule has 0 aromatic carbocycles. The van der Waals surface area contributed by atoms with Crippen LogP contribution in [0, 0.1) is 5.92 Å². The molecule has 0 aromatic rings. The minimum Gasteiger partial charge on any atom is -0.394 e. The molecule has 0 aliphatic heterocycles. The molecule has 3 N–H and O–H groups in total. The second-order valence-electron chi connectivity index (χ2n) is 4.78. The Labute approximate surface area is 97.8 Å². The van der Waals surface area contributed by atoms with Crippen molar-refractivity contribution in [3.8, 4) is 0 Å². The summed E-state index contributed by atoms with van der Waals surface area (Å²) in [6, 6.07) is -0.345. The van der Waals surface area contributed by atoms with Crippen LogP contribution in [0.3, 0.4) is 0 Å². The molecule has 1 atom stereocenters. The lowest BCUT2D eigenvalue weighted by Gasteiger charge is -2.13. The highest BCUT2D eigenvalue weighted by molar-refractivity contribution is 5.74. The minimum atomic E-state index is -0.173. The monoisotopic (exact) mass is 228 g/mol. The maximum Gasteiger partial charge on any atom is 0.315 e. The fourth-order valence-electron chi connectivity index (χ4n) is 2.21. The Kier molecular flexibility index (Phi) is 6.23. The molecule has 0 saturated heterocycles. The number of carbonyl (C=O) groups excluding carboxylic acids is 1. The van der Waals surface area contributed by atoms with E-state index in [1.54, 1.807) is 6.92 Å². The number of hydrogen-bond acceptors (Lipinski definition) is 2. The number of urea groups is 1. The van der Waals surface area contributed by atoms with E-state index >= 15 is 0 Å². The van der Waals surface area contributed by atoms with E-state index < -0.39 is 0 Å². The molecule has 1 unspecified atom stereocenters. The summed E-state index contributed by atoms with van der Waals surface area (Å²) in [5.41, 5.74) is 0. The van der Waals surface area contributed by atoms with Gasteiger partial charge in [0.1, 0.15) is 0 Å². The third-order valence-electron chi connectivity index (χ3n) is 3.20. The van der Waals surface area contributed by atoms with Gasteiger partial charge in [0, 0.05) is 6.54 Å². The number of rotatable bonds is 6. The van der Waals surface area contributed by atoms with E-state index in [-0.39, 0.29) is 18.7 Å². The maximum atomic E-state index is 11.3. The van der Waals surface area contributed by atoms with Crippen LogP contribution in [0.1, 0.15) is 45.4 Å². The molecule has 4 nitrogen and oxygen atoms in total. The minimum absolute atomic E-state index is 0.0184. The summed E-state index contributed by atoms with van der Waals surface area (Å²) in [5.74, 6) is 0.890. The number of hydrogen-bond donors (Lipinski definition) is 3. The molecular formula is C12H24N2O2. The van der Waals surface area contributed by atoms with Gasteiger partial charge in [0.2, 0.25) is 0 Å². The zero-order chi connectivity index (χ0) is 11.8. The van der Waals surface area contributed by atoms with E-state index in [0.717, 1.165) is 18.9 Å². The van der Waals surface area contributed by atoms with Gasteiger partial charge >= 0.3 is 6.03 Å². The lowest BCUT2D eigenvalue weighted by atomic mass is 10.0. The highest BCUT2D eigenvalue weighted by Crippen LogP contribution is 2.28. The van der Waals surface area contributed by atoms with E-state index in [1.165, 1.54) is 32.1 Å². The second-order valence-corrected chi connectivity index (χ2v) is 4.78. The second kappa shape index (κ2) is 7.49. The van der Waals surface area contributed by atoms with Crippen molar-refractivity contribution in [2.75, 3.05) is 13.2 Å². The molecule has 0 heterocycles. The van der Waals surface area contributed by atoms with E-state index in [4.69, 9.17) is 5.11 Å². The first-order valence-electron chi connectivity index (χ1n) is 6.37. The molecule has 2 amide bonds. The summed E-state index contributed by atoms with van der Waals surface area (Å²) in [4.78, 5) is 11.3. The Hall–Kier alpha value is -0.770. The van der Waals surface area contributed by atoms with Crippen LogP contribution in [-0.2, 0) is 0 Å². The topological polar surface area (TPSA) is 61.4 Å². The molecule has 16 heavy (non-hydrogen) atoms. The molecule has 0 spiro atoms. The van der Waals surface area contributed by atoms with E-state index in [1.807, 2.05) is 0 Å². The average molecular weight is 228 g/mol. The predicted molar refractivity (Wildman–Crippen MR) is 64.3 cm³/mol. The molecule has 1 rings (SSSR count). The first kappa shape index (κ1) is 13.3. The third kappa shape index (κ3) is 5.35. The summed E-state index contributed by atoms with van der Waals surface area (Å²) in [6.07, 6.45) is 7.79. The van der Waals surface area contributed by atoms with Gasteiger partial charge < -0.3 is 15.7 Å². The van der Waals surface area contributed by atoms with Crippen LogP contribution >= 0.6 is 0 Å². The van der Waals surface area contributed by atoms with Gasteiger partial charge in [-0.3, -0.25) is 0 Å². The van der Waals surface area contributed by atoms with Crippen molar-refractivity contribution >= 4 is 6.03 Å². The summed E-state index contributed by atoms with van der Waals surface area (Å²) >= 11 is 0. The lowest BCUT2D eigenvalue weighted by molar-refractivity contribution is 0.220. The summed E-state index contributed by atoms with van der Waals surface area (Å²) < 4.78 is 0. The Morgan fingerprint density at radius 1 is 1.44 bits per heavy atom. The molecule has 1 fully saturated rings. The Morgan fingerprint density at radius 2 is 2.12 bits per heavy atom. The van der Waals surface area contributed by atoms with Gasteiger partial charge in [0.15, 0.2) is 0 Å². The maximum absolute atomic E-state index is 11.3. The van der Waals surface area contributed by atoms with Gasteiger partial charge in [-0.05, 0) is 25.7 Å². The quantitative estimate of drug-likeness (QED) is 0.605. The molecule has 0 bridgehead atoms. The third-order valence-corrected chi connectivity index (χ3v) is 3.20. The van der Waals surface area contributed by atoms with E-state index in [9.17, 15) is 4.79 Å². The molecule has 0 radical (unpaired) electrons. The van der Waals surface area contributed by atoms with Gasteiger partial charge in [-0.2, -0.15) is 0 Å². The number of amides is 2. The largest absolute Gasteiger partial charge is 0.394 e. The highest BCUT2D eigenvalue weighted by Gasteiger charge is 2.14. The van der Waals surface area contributed by atoms with Gasteiger partial charge in [0.25, 0.3) is 0 Å². The molecular weight excluding hydrogens is 204 g/mol. The van der Waals surface area contributed by atoms with Gasteiger partial charge in [0.05, 0.1) is 12.6 Å². The first-order chi connectivity index (χ1) is 7.72. The number of carbonyl (C=O) groups is 1. The van der Waals surface area contributed by atoms with Crippen LogP contribution in [0.2, 0.25) is 0 Å². The van der Waals surface area contributed by atoms with Crippen molar-refractivity contribution in [2.45, 2.75) is 51.5 Å². The van der Waals surface area contributed by atoms with Gasteiger partial charge in [-0.15, -0.1) is 0 Å². The standard InChI is InChI=1S/C12H24N2O2/c1-10(9-15)14-12(16)13-8-4-7-11-5-2-3-6-11/h10-11,15H,2-9H2,1H3,(H2,13,14,16). The van der Waals surface area contributed by atoms with Gasteiger partial charge in [-0.25, -0.2) is 4.79 Å². The van der Waals surface area contributed by atoms with Crippen LogP contribution in [0.5, 0.6) is 0 Å². The van der Waals surface area contributed by atoms with Crippen molar-refractivity contribution in [1.29, 1.82) is 0 Å². The smallest absolute Gasteiger partial charge is 0.315 e. The van der Waals surface area contributed by atoms with E-state index in [2.05, 4.69) is 10.6 Å². The van der Waals surface area contributed by atoms with Crippen LogP contribution in [0.15, 0.2) is 0 Å². The Balaban J connectivity index is 1.95. The normalized spacial score (nSPS) is 18.4. The Morgan fingerprint density at radius 3 is 2.75 bits per heavy atom. The van der Waals surface area contributed by atoms with Crippen molar-refractivity contribution < 1.29 is 9.90 Å². The summed E-state index contributed by atoms with van der Waals surface area (Å²) in [5, 5.41) is 14.2. The summed E-state index contributed by atoms with van der Waals surface area (Å²) in [6.45, 7) is 2.49. The fraction of sp³-hybridized carbons (Fsp3) is 0.917. The molecule has 1 saturated carbocycles. The van der Waals surface area contributed by atoms with Crippen molar-refractivity contribution in [1.82, 2.24) is 10.6 Å². The van der Waals surface area contributed by atoms with Crippen molar-refractivity contribution in [3.05, 3.63) is 0 Å². The van der Waals surface area contributed by atoms with Gasteiger partial charge in [-0.1, -0.05) is 25.7 Å². The molecule has 4 heteroatoms. The summed E-state index contributed by atoms with van der Waals surface area (Å²) in [7, 11) is 0. The van der Waals surface area contributed by atoms with Crippen LogP contribution in [0.25, 0.3) is 0 Å². The Bertz CT molecular complexity index is 203. The molecule has 94 valence electrons. The number of aliphatic hydroxyl groups is 1. The van der Waals surface area contributed by atoms with Crippen LogP contribution in [-0.4, -0.2) is 30.3 Å². The number of nitrogens with one attached hydrogen (secondary N) is 2. The number of aliphatic hydroxyl groups excluding tert-OH is 1. The van der Waals surface area contributed by atoms with Crippen molar-refractivity contribution in [2.24, 2.45) is 5.92 Å². The van der Waals surface area contributed by atoms with E-state index in [0.29, 0.717) is 0 Å². The SMILES string of the molecule is CC(CO)NC(=O)NCCCC1CCCC1. The van der Waals surface area contributed by atoms with Crippen molar-refractivity contribution in [3.63, 3.8) is 0 Å². The van der Waals surface area contributed by atoms with Crippen LogP contribution in [0.4, 0.5) is 4.79 Å². The van der Waals surface area contributed by atoms with Crippen LogP contribution < -0.4 is 10.6 Å². The first-order valence-corrected chi connectivity index (χ1v) is 6.37. The molecule has 1 aliphatic carbocycles. The zero-order valence-electron chi connectivity index (χ0n) is 10.2. The average Bonchev–Trinajstić information content (AvgIpc) is 2.77. The molecule has 1 aliphatic rings. The fourth-order valence-corrected chi connectivity index (χ4v) is 2.21. The zero-order valence-corrected chi connectivity index (χ0v) is 10.2. The lowest BCUT2D eigenvalue weighted by Crippen LogP contribution is -2.42. The molecule has 0 aromatic heterocycles. The predicted octanol–water partition coefficient (Wildman–Crippen LogP) is 1.64. The highest BCUT2D eigenvalue weighted by atomic mass is 16.3.